The number of hydrogen-bond acceptors (Lipinski definition) is 2. The van der Waals surface area contributed by atoms with E-state index in [4.69, 9.17) is 0 Å². The molecule has 1 rings (SSSR count). The Balaban J connectivity index is 2.69. The monoisotopic (exact) mass is 248 g/mol. The number of rotatable bonds is 5. The summed E-state index contributed by atoms with van der Waals surface area (Å²) in [4.78, 5) is 11.4. The van der Waals surface area contributed by atoms with E-state index >= 15 is 0 Å². The molecule has 0 bridgehead atoms. The summed E-state index contributed by atoms with van der Waals surface area (Å²) in [6.07, 6.45) is 0. The second-order valence-electron chi connectivity index (χ2n) is 4.85. The molecular formula is C15H24N2O. The van der Waals surface area contributed by atoms with Gasteiger partial charge in [0.15, 0.2) is 0 Å². The van der Waals surface area contributed by atoms with Crippen LogP contribution in [0.5, 0.6) is 0 Å². The van der Waals surface area contributed by atoms with E-state index in [0.717, 1.165) is 0 Å². The van der Waals surface area contributed by atoms with Crippen LogP contribution in [0.15, 0.2) is 12.1 Å². The van der Waals surface area contributed by atoms with Gasteiger partial charge in [-0.05, 0) is 56.9 Å². The molecule has 0 aliphatic heterocycles. The van der Waals surface area contributed by atoms with Crippen LogP contribution in [-0.2, 0) is 4.79 Å². The maximum absolute atomic E-state index is 11.4. The number of carbonyl (C=O) groups excluding carboxylic acids is 1. The topological polar surface area (TPSA) is 41.1 Å². The average molecular weight is 248 g/mol. The smallest absolute Gasteiger partial charge is 0.233 e. The van der Waals surface area contributed by atoms with Gasteiger partial charge in [0.25, 0.3) is 0 Å². The van der Waals surface area contributed by atoms with Crippen molar-refractivity contribution in [1.82, 2.24) is 10.6 Å². The van der Waals surface area contributed by atoms with Gasteiger partial charge in [-0.1, -0.05) is 12.1 Å². The van der Waals surface area contributed by atoms with Crippen LogP contribution in [-0.4, -0.2) is 19.0 Å². The van der Waals surface area contributed by atoms with Crippen LogP contribution < -0.4 is 10.6 Å². The molecule has 100 valence electrons. The molecule has 0 radical (unpaired) electrons. The summed E-state index contributed by atoms with van der Waals surface area (Å²) in [7, 11) is 0. The summed E-state index contributed by atoms with van der Waals surface area (Å²) in [6, 6.07) is 4.60. The molecule has 3 nitrogen and oxygen atoms in total. The molecule has 0 fully saturated rings. The maximum atomic E-state index is 11.4. The van der Waals surface area contributed by atoms with Crippen LogP contribution in [0.1, 0.15) is 42.1 Å². The van der Waals surface area contributed by atoms with Crippen molar-refractivity contribution in [3.8, 4) is 0 Å². The highest BCUT2D eigenvalue weighted by Gasteiger charge is 2.10. The van der Waals surface area contributed by atoms with E-state index in [1.807, 2.05) is 6.92 Å². The third kappa shape index (κ3) is 3.84. The first-order valence-electron chi connectivity index (χ1n) is 6.53. The lowest BCUT2D eigenvalue weighted by Crippen LogP contribution is -2.35. The van der Waals surface area contributed by atoms with Crippen LogP contribution in [0.25, 0.3) is 0 Å². The van der Waals surface area contributed by atoms with Gasteiger partial charge in [0.05, 0.1) is 6.54 Å². The van der Waals surface area contributed by atoms with E-state index in [2.05, 4.69) is 50.5 Å². The molecule has 0 aliphatic rings. The summed E-state index contributed by atoms with van der Waals surface area (Å²) >= 11 is 0. The summed E-state index contributed by atoms with van der Waals surface area (Å²) in [6.45, 7) is 11.4. The second kappa shape index (κ2) is 6.55. The fourth-order valence-corrected chi connectivity index (χ4v) is 2.06. The normalized spacial score (nSPS) is 12.3. The first-order valence-corrected chi connectivity index (χ1v) is 6.53. The zero-order valence-corrected chi connectivity index (χ0v) is 12.1. The van der Waals surface area contributed by atoms with E-state index in [0.29, 0.717) is 13.1 Å². The molecule has 0 heterocycles. The van der Waals surface area contributed by atoms with Crippen LogP contribution >= 0.6 is 0 Å². The van der Waals surface area contributed by atoms with Crippen molar-refractivity contribution in [2.75, 3.05) is 13.1 Å². The van der Waals surface area contributed by atoms with Gasteiger partial charge < -0.3 is 10.6 Å². The Morgan fingerprint density at radius 2 is 1.78 bits per heavy atom. The van der Waals surface area contributed by atoms with Crippen molar-refractivity contribution < 1.29 is 4.79 Å². The summed E-state index contributed by atoms with van der Waals surface area (Å²) in [5.41, 5.74) is 5.14. The Hall–Kier alpha value is -1.35. The third-order valence-electron chi connectivity index (χ3n) is 3.29. The van der Waals surface area contributed by atoms with Gasteiger partial charge >= 0.3 is 0 Å². The Morgan fingerprint density at radius 1 is 1.17 bits per heavy atom. The van der Waals surface area contributed by atoms with Crippen molar-refractivity contribution in [1.29, 1.82) is 0 Å². The molecule has 0 spiro atoms. The lowest BCUT2D eigenvalue weighted by molar-refractivity contribution is -0.120. The second-order valence-corrected chi connectivity index (χ2v) is 4.85. The molecule has 2 N–H and O–H groups in total. The fourth-order valence-electron chi connectivity index (χ4n) is 2.06. The number of amides is 1. The van der Waals surface area contributed by atoms with Gasteiger partial charge in [-0.3, -0.25) is 4.79 Å². The zero-order valence-electron chi connectivity index (χ0n) is 12.1. The largest absolute Gasteiger partial charge is 0.355 e. The van der Waals surface area contributed by atoms with Gasteiger partial charge in [0.1, 0.15) is 0 Å². The van der Waals surface area contributed by atoms with Gasteiger partial charge in [-0.2, -0.15) is 0 Å². The molecule has 1 unspecified atom stereocenters. The molecule has 1 atom stereocenters. The van der Waals surface area contributed by atoms with E-state index < -0.39 is 0 Å². The number of carbonyl (C=O) groups is 1. The van der Waals surface area contributed by atoms with Crippen LogP contribution in [0.4, 0.5) is 0 Å². The van der Waals surface area contributed by atoms with Crippen molar-refractivity contribution in [2.45, 2.75) is 40.7 Å². The predicted octanol–water partition coefficient (Wildman–Crippen LogP) is 2.40. The number of likely N-dealkylation sites (N-methyl/N-ethyl adjacent to an activating group) is 1. The first kappa shape index (κ1) is 14.7. The highest BCUT2D eigenvalue weighted by molar-refractivity contribution is 5.77. The Morgan fingerprint density at radius 3 is 2.39 bits per heavy atom. The lowest BCUT2D eigenvalue weighted by Gasteiger charge is -2.18. The summed E-state index contributed by atoms with van der Waals surface area (Å²) < 4.78 is 0. The molecule has 0 aromatic heterocycles. The quantitative estimate of drug-likeness (QED) is 0.840. The van der Waals surface area contributed by atoms with Gasteiger partial charge in [-0.15, -0.1) is 0 Å². The highest BCUT2D eigenvalue weighted by atomic mass is 16.1. The number of aryl methyl sites for hydroxylation is 3. The molecular weight excluding hydrogens is 224 g/mol. The van der Waals surface area contributed by atoms with Crippen molar-refractivity contribution in [3.05, 3.63) is 34.4 Å². The third-order valence-corrected chi connectivity index (χ3v) is 3.29. The molecule has 0 saturated heterocycles. The maximum Gasteiger partial charge on any atom is 0.233 e. The number of hydrogen-bond donors (Lipinski definition) is 2. The Bertz CT molecular complexity index is 427. The van der Waals surface area contributed by atoms with Crippen LogP contribution in [0.2, 0.25) is 0 Å². The first-order chi connectivity index (χ1) is 8.45. The Kier molecular flexibility index (Phi) is 5.35. The zero-order chi connectivity index (χ0) is 13.7. The molecule has 18 heavy (non-hydrogen) atoms. The summed E-state index contributed by atoms with van der Waals surface area (Å²) in [5.74, 6) is 0.0471. The fraction of sp³-hybridized carbons (Fsp3) is 0.533. The van der Waals surface area contributed by atoms with Crippen molar-refractivity contribution >= 4 is 5.91 Å². The minimum absolute atomic E-state index is 0.0471. The van der Waals surface area contributed by atoms with Gasteiger partial charge in [0.2, 0.25) is 5.91 Å². The van der Waals surface area contributed by atoms with Gasteiger partial charge in [0, 0.05) is 12.6 Å². The standard InChI is InChI=1S/C15H24N2O/c1-6-16-15(18)9-17-13(5)14-8-11(3)10(2)7-12(14)4/h7-8,13,17H,6,9H2,1-5H3,(H,16,18). The van der Waals surface area contributed by atoms with E-state index in [1.165, 1.54) is 22.3 Å². The SMILES string of the molecule is CCNC(=O)CNC(C)c1cc(C)c(C)cc1C. The molecule has 1 aromatic carbocycles. The number of benzene rings is 1. The highest BCUT2D eigenvalue weighted by Crippen LogP contribution is 2.21. The predicted molar refractivity (Wildman–Crippen MR) is 75.8 cm³/mol. The summed E-state index contributed by atoms with van der Waals surface area (Å²) in [5, 5.41) is 6.04. The van der Waals surface area contributed by atoms with Gasteiger partial charge in [-0.25, -0.2) is 0 Å². The van der Waals surface area contributed by atoms with E-state index in [9.17, 15) is 4.79 Å². The minimum Gasteiger partial charge on any atom is -0.355 e. The lowest BCUT2D eigenvalue weighted by atomic mass is 9.96. The average Bonchev–Trinajstić information content (AvgIpc) is 2.31. The van der Waals surface area contributed by atoms with E-state index in [-0.39, 0.29) is 11.9 Å². The van der Waals surface area contributed by atoms with Crippen LogP contribution in [0, 0.1) is 20.8 Å². The molecule has 0 aliphatic carbocycles. The molecule has 1 aromatic rings. The molecule has 1 amide bonds. The number of nitrogens with one attached hydrogen (secondary N) is 2. The van der Waals surface area contributed by atoms with Crippen LogP contribution in [0.3, 0.4) is 0 Å². The van der Waals surface area contributed by atoms with E-state index in [1.54, 1.807) is 0 Å². The minimum atomic E-state index is 0.0471. The molecule has 3 heteroatoms. The molecule has 0 saturated carbocycles. The Labute approximate surface area is 110 Å². The van der Waals surface area contributed by atoms with Crippen molar-refractivity contribution in [3.63, 3.8) is 0 Å². The van der Waals surface area contributed by atoms with Crippen molar-refractivity contribution in [2.24, 2.45) is 0 Å².